The highest BCUT2D eigenvalue weighted by atomic mass is 16.4. The Morgan fingerprint density at radius 2 is 1.20 bits per heavy atom. The minimum absolute atomic E-state index is 0.0833. The Morgan fingerprint density at radius 1 is 0.850 bits per heavy atom. The number of hydrogen-bond acceptors (Lipinski definition) is 2. The molecule has 0 aliphatic heterocycles. The monoisotopic (exact) mass is 278 g/mol. The number of benzene rings is 1. The molecule has 2 N–H and O–H groups in total. The van der Waals surface area contributed by atoms with Gasteiger partial charge >= 0.3 is 11.9 Å². The van der Waals surface area contributed by atoms with E-state index >= 15 is 0 Å². The van der Waals surface area contributed by atoms with Crippen molar-refractivity contribution in [1.29, 1.82) is 0 Å². The first kappa shape index (κ1) is 16.2. The summed E-state index contributed by atoms with van der Waals surface area (Å²) in [5.74, 6) is -2.13. The van der Waals surface area contributed by atoms with Gasteiger partial charge in [0.2, 0.25) is 0 Å². The Kier molecular flexibility index (Phi) is 5.74. The van der Waals surface area contributed by atoms with Crippen molar-refractivity contribution < 1.29 is 19.8 Å². The van der Waals surface area contributed by atoms with E-state index in [1.807, 2.05) is 0 Å². The first-order valence-electron chi connectivity index (χ1n) is 6.88. The van der Waals surface area contributed by atoms with Gasteiger partial charge in [-0.3, -0.25) is 0 Å². The van der Waals surface area contributed by atoms with Crippen molar-refractivity contribution in [1.82, 2.24) is 0 Å². The van der Waals surface area contributed by atoms with Crippen LogP contribution in [0.3, 0.4) is 0 Å². The molecule has 1 aromatic rings. The van der Waals surface area contributed by atoms with E-state index in [0.29, 0.717) is 5.41 Å². The van der Waals surface area contributed by atoms with Crippen LogP contribution in [0.5, 0.6) is 0 Å². The van der Waals surface area contributed by atoms with E-state index in [1.54, 1.807) is 0 Å². The predicted molar refractivity (Wildman–Crippen MR) is 77.2 cm³/mol. The van der Waals surface area contributed by atoms with E-state index in [-0.39, 0.29) is 11.1 Å². The molecule has 0 radical (unpaired) electrons. The van der Waals surface area contributed by atoms with Crippen LogP contribution in [0.15, 0.2) is 24.3 Å². The number of carbonyl (C=O) groups is 2. The first-order valence-corrected chi connectivity index (χ1v) is 6.88. The van der Waals surface area contributed by atoms with E-state index in [1.165, 1.54) is 56.4 Å². The van der Waals surface area contributed by atoms with Crippen LogP contribution in [0.1, 0.15) is 66.7 Å². The van der Waals surface area contributed by atoms with Crippen LogP contribution in [0.4, 0.5) is 0 Å². The molecule has 4 heteroatoms. The highest BCUT2D eigenvalue weighted by molar-refractivity contribution is 5.91. The fourth-order valence-corrected chi connectivity index (χ4v) is 2.26. The van der Waals surface area contributed by atoms with Gasteiger partial charge in [-0.15, -0.1) is 0 Å². The van der Waals surface area contributed by atoms with Crippen LogP contribution in [0.2, 0.25) is 0 Å². The molecule has 0 amide bonds. The van der Waals surface area contributed by atoms with Gasteiger partial charge in [-0.25, -0.2) is 9.59 Å². The Labute approximate surface area is 119 Å². The predicted octanol–water partition coefficient (Wildman–Crippen LogP) is 4.06. The van der Waals surface area contributed by atoms with Crippen LogP contribution in [-0.2, 0) is 0 Å². The molecule has 4 nitrogen and oxygen atoms in total. The van der Waals surface area contributed by atoms with Crippen molar-refractivity contribution in [3.05, 3.63) is 35.4 Å². The second-order valence-electron chi connectivity index (χ2n) is 5.91. The smallest absolute Gasteiger partial charge is 0.335 e. The van der Waals surface area contributed by atoms with Gasteiger partial charge < -0.3 is 10.2 Å². The van der Waals surface area contributed by atoms with Gasteiger partial charge in [0, 0.05) is 0 Å². The van der Waals surface area contributed by atoms with Crippen molar-refractivity contribution >= 4 is 11.9 Å². The largest absolute Gasteiger partial charge is 0.478 e. The van der Waals surface area contributed by atoms with Crippen LogP contribution in [0.25, 0.3) is 0 Å². The number of carboxylic acid groups (broad SMARTS) is 2. The van der Waals surface area contributed by atoms with E-state index < -0.39 is 11.9 Å². The van der Waals surface area contributed by atoms with Crippen LogP contribution in [-0.4, -0.2) is 22.2 Å². The molecule has 0 spiro atoms. The van der Waals surface area contributed by atoms with Gasteiger partial charge in [0.25, 0.3) is 0 Å². The minimum Gasteiger partial charge on any atom is -0.478 e. The Bertz CT molecular complexity index is 419. The zero-order valence-corrected chi connectivity index (χ0v) is 12.1. The summed E-state index contributed by atoms with van der Waals surface area (Å²) in [6, 6.07) is 5.02. The fourth-order valence-electron chi connectivity index (χ4n) is 2.26. The lowest BCUT2D eigenvalue weighted by Gasteiger charge is -2.28. The molecule has 0 unspecified atom stereocenters. The molecule has 0 saturated heterocycles. The summed E-state index contributed by atoms with van der Waals surface area (Å²) in [5, 5.41) is 16.9. The van der Waals surface area contributed by atoms with Gasteiger partial charge in [-0.05, 0) is 42.5 Å². The normalized spacial score (nSPS) is 16.7. The zero-order chi connectivity index (χ0) is 15.2. The molecule has 2 rings (SSSR count). The summed E-state index contributed by atoms with van der Waals surface area (Å²) in [7, 11) is 0. The van der Waals surface area contributed by atoms with Gasteiger partial charge in [-0.1, -0.05) is 33.1 Å². The zero-order valence-electron chi connectivity index (χ0n) is 12.1. The van der Waals surface area contributed by atoms with E-state index in [9.17, 15) is 9.59 Å². The third-order valence-electron chi connectivity index (χ3n) is 3.59. The van der Waals surface area contributed by atoms with Crippen molar-refractivity contribution in [2.75, 3.05) is 0 Å². The van der Waals surface area contributed by atoms with Crippen LogP contribution < -0.4 is 0 Å². The minimum atomic E-state index is -1.06. The molecule has 0 heterocycles. The van der Waals surface area contributed by atoms with Gasteiger partial charge in [0.05, 0.1) is 11.1 Å². The molecule has 1 saturated carbocycles. The maximum Gasteiger partial charge on any atom is 0.335 e. The van der Waals surface area contributed by atoms with Crippen LogP contribution >= 0.6 is 0 Å². The molecule has 1 aromatic carbocycles. The topological polar surface area (TPSA) is 74.6 Å². The number of hydrogen-bond donors (Lipinski definition) is 2. The summed E-state index contributed by atoms with van der Waals surface area (Å²) in [4.78, 5) is 20.7. The Morgan fingerprint density at radius 3 is 1.40 bits per heavy atom. The maximum atomic E-state index is 10.3. The highest BCUT2D eigenvalue weighted by Gasteiger charge is 2.19. The van der Waals surface area contributed by atoms with Gasteiger partial charge in [0.15, 0.2) is 0 Å². The SMILES string of the molecule is CC1(C)CCCCC1.O=C(O)c1ccc(C(=O)O)cc1. The molecule has 20 heavy (non-hydrogen) atoms. The summed E-state index contributed by atoms with van der Waals surface area (Å²) < 4.78 is 0. The third kappa shape index (κ3) is 5.43. The highest BCUT2D eigenvalue weighted by Crippen LogP contribution is 2.34. The van der Waals surface area contributed by atoms with Gasteiger partial charge in [-0.2, -0.15) is 0 Å². The van der Waals surface area contributed by atoms with E-state index in [2.05, 4.69) is 13.8 Å². The van der Waals surface area contributed by atoms with Gasteiger partial charge in [0.1, 0.15) is 0 Å². The van der Waals surface area contributed by atoms with Crippen molar-refractivity contribution in [2.45, 2.75) is 46.0 Å². The number of aromatic carboxylic acids is 2. The number of carboxylic acids is 2. The van der Waals surface area contributed by atoms with Crippen molar-refractivity contribution in [2.24, 2.45) is 5.41 Å². The molecule has 0 atom stereocenters. The molecule has 0 aromatic heterocycles. The number of rotatable bonds is 2. The summed E-state index contributed by atoms with van der Waals surface area (Å²) in [6.45, 7) is 4.76. The maximum absolute atomic E-state index is 10.3. The second kappa shape index (κ2) is 7.08. The van der Waals surface area contributed by atoms with Crippen molar-refractivity contribution in [3.63, 3.8) is 0 Å². The van der Waals surface area contributed by atoms with Crippen molar-refractivity contribution in [3.8, 4) is 0 Å². The first-order chi connectivity index (χ1) is 9.32. The van der Waals surface area contributed by atoms with Crippen LogP contribution in [0, 0.1) is 5.41 Å². The lowest BCUT2D eigenvalue weighted by molar-refractivity contribution is 0.0681. The standard InChI is InChI=1S/C8H6O4.C8H16/c9-7(10)5-1-2-6(4-3-5)8(11)12;1-8(2)6-4-3-5-7-8/h1-4H,(H,9,10)(H,11,12);3-7H2,1-2H3. The summed E-state index contributed by atoms with van der Waals surface area (Å²) in [6.07, 6.45) is 7.31. The Hall–Kier alpha value is -1.84. The average molecular weight is 278 g/mol. The van der Waals surface area contributed by atoms with E-state index in [0.717, 1.165) is 0 Å². The molecular formula is C16H22O4. The molecule has 0 bridgehead atoms. The molecule has 1 fully saturated rings. The lowest BCUT2D eigenvalue weighted by atomic mass is 9.78. The summed E-state index contributed by atoms with van der Waals surface area (Å²) >= 11 is 0. The quantitative estimate of drug-likeness (QED) is 0.855. The molecule has 1 aliphatic carbocycles. The molecular weight excluding hydrogens is 256 g/mol. The lowest BCUT2D eigenvalue weighted by Crippen LogP contribution is -2.14. The summed E-state index contributed by atoms with van der Waals surface area (Å²) in [5.41, 5.74) is 0.845. The van der Waals surface area contributed by atoms with E-state index in [4.69, 9.17) is 10.2 Å². The fraction of sp³-hybridized carbons (Fsp3) is 0.500. The average Bonchev–Trinajstić information content (AvgIpc) is 2.39. The molecule has 110 valence electrons. The second-order valence-corrected chi connectivity index (χ2v) is 5.91. The molecule has 1 aliphatic rings. The Balaban J connectivity index is 0.000000217. The third-order valence-corrected chi connectivity index (χ3v) is 3.59.